The zero-order chi connectivity index (χ0) is 13.9. The highest BCUT2D eigenvalue weighted by atomic mass is 32.2. The van der Waals surface area contributed by atoms with Crippen molar-refractivity contribution < 1.29 is 8.42 Å². The Bertz CT molecular complexity index is 498. The molecule has 1 fully saturated rings. The third-order valence-electron chi connectivity index (χ3n) is 3.59. The zero-order valence-electron chi connectivity index (χ0n) is 11.4. The minimum atomic E-state index is -3.38. The van der Waals surface area contributed by atoms with Crippen LogP contribution in [0.3, 0.4) is 0 Å². The Morgan fingerprint density at radius 1 is 1.21 bits per heavy atom. The lowest BCUT2D eigenvalue weighted by Crippen LogP contribution is -2.51. The zero-order valence-corrected chi connectivity index (χ0v) is 12.2. The summed E-state index contributed by atoms with van der Waals surface area (Å²) in [4.78, 5) is 0. The molecule has 1 aliphatic rings. The van der Waals surface area contributed by atoms with Crippen molar-refractivity contribution in [2.24, 2.45) is 0 Å². The Labute approximate surface area is 115 Å². The van der Waals surface area contributed by atoms with Gasteiger partial charge < -0.3 is 5.32 Å². The van der Waals surface area contributed by atoms with Gasteiger partial charge in [-0.15, -0.1) is 0 Å². The monoisotopic (exact) mass is 283 g/mol. The summed E-state index contributed by atoms with van der Waals surface area (Å²) in [6.07, 6.45) is 0. The van der Waals surface area contributed by atoms with Gasteiger partial charge in [-0.1, -0.05) is 30.3 Å². The van der Waals surface area contributed by atoms with Gasteiger partial charge in [0.25, 0.3) is 10.2 Å². The van der Waals surface area contributed by atoms with Gasteiger partial charge in [-0.05, 0) is 12.5 Å². The molecule has 1 aromatic rings. The van der Waals surface area contributed by atoms with E-state index in [1.54, 1.807) is 11.4 Å². The molecule has 0 aromatic heterocycles. The molecule has 0 aliphatic carbocycles. The Morgan fingerprint density at radius 3 is 2.37 bits per heavy atom. The van der Waals surface area contributed by atoms with E-state index in [0.29, 0.717) is 26.2 Å². The highest BCUT2D eigenvalue weighted by molar-refractivity contribution is 7.86. The predicted octanol–water partition coefficient (Wildman–Crippen LogP) is 0.829. The molecular weight excluding hydrogens is 262 g/mol. The van der Waals surface area contributed by atoms with E-state index in [1.165, 1.54) is 4.31 Å². The van der Waals surface area contributed by atoms with Crippen LogP contribution in [0.25, 0.3) is 0 Å². The van der Waals surface area contributed by atoms with E-state index >= 15 is 0 Å². The van der Waals surface area contributed by atoms with E-state index < -0.39 is 10.2 Å². The maximum Gasteiger partial charge on any atom is 0.282 e. The maximum absolute atomic E-state index is 12.5. The quantitative estimate of drug-likeness (QED) is 0.890. The van der Waals surface area contributed by atoms with Crippen LogP contribution in [-0.4, -0.2) is 50.3 Å². The van der Waals surface area contributed by atoms with Crippen LogP contribution in [0.1, 0.15) is 18.5 Å². The van der Waals surface area contributed by atoms with Crippen molar-refractivity contribution >= 4 is 10.2 Å². The molecule has 1 aromatic carbocycles. The van der Waals surface area contributed by atoms with Gasteiger partial charge >= 0.3 is 0 Å². The van der Waals surface area contributed by atoms with Crippen LogP contribution in [0.2, 0.25) is 0 Å². The average molecular weight is 283 g/mol. The van der Waals surface area contributed by atoms with Crippen molar-refractivity contribution in [3.05, 3.63) is 35.9 Å². The summed E-state index contributed by atoms with van der Waals surface area (Å²) >= 11 is 0. The number of benzene rings is 1. The van der Waals surface area contributed by atoms with Crippen LogP contribution in [0.5, 0.6) is 0 Å². The van der Waals surface area contributed by atoms with Crippen molar-refractivity contribution in [3.63, 3.8) is 0 Å². The van der Waals surface area contributed by atoms with E-state index in [0.717, 1.165) is 5.56 Å². The lowest BCUT2D eigenvalue weighted by atomic mass is 10.1. The number of piperazine rings is 1. The second-order valence-corrected chi connectivity index (χ2v) is 6.75. The lowest BCUT2D eigenvalue weighted by molar-refractivity contribution is 0.306. The van der Waals surface area contributed by atoms with Gasteiger partial charge in [-0.2, -0.15) is 17.0 Å². The van der Waals surface area contributed by atoms with Crippen LogP contribution < -0.4 is 5.32 Å². The third-order valence-corrected chi connectivity index (χ3v) is 5.66. The summed E-state index contributed by atoms with van der Waals surface area (Å²) in [5, 5.41) is 3.16. The van der Waals surface area contributed by atoms with Gasteiger partial charge in [-0.25, -0.2) is 0 Å². The van der Waals surface area contributed by atoms with Crippen molar-refractivity contribution in [1.29, 1.82) is 0 Å². The normalized spacial score (nSPS) is 19.5. The number of rotatable bonds is 4. The fraction of sp³-hybridized carbons (Fsp3) is 0.538. The Balaban J connectivity index is 2.15. The van der Waals surface area contributed by atoms with E-state index in [4.69, 9.17) is 0 Å². The lowest BCUT2D eigenvalue weighted by Gasteiger charge is -2.33. The van der Waals surface area contributed by atoms with Crippen molar-refractivity contribution in [1.82, 2.24) is 13.9 Å². The minimum Gasteiger partial charge on any atom is -0.314 e. The number of nitrogens with one attached hydrogen (secondary N) is 1. The van der Waals surface area contributed by atoms with Crippen molar-refractivity contribution in [3.8, 4) is 0 Å². The Morgan fingerprint density at radius 2 is 1.79 bits per heavy atom. The summed E-state index contributed by atoms with van der Waals surface area (Å²) < 4.78 is 28.0. The molecule has 1 N–H and O–H groups in total. The fourth-order valence-corrected chi connectivity index (χ4v) is 3.73. The molecule has 6 heteroatoms. The van der Waals surface area contributed by atoms with E-state index in [9.17, 15) is 8.42 Å². The van der Waals surface area contributed by atoms with Crippen LogP contribution in [0.15, 0.2) is 30.3 Å². The second-order valence-electron chi connectivity index (χ2n) is 4.76. The molecular formula is C13H21N3O2S. The van der Waals surface area contributed by atoms with Crippen LogP contribution in [0, 0.1) is 0 Å². The van der Waals surface area contributed by atoms with E-state index in [-0.39, 0.29) is 6.04 Å². The first kappa shape index (κ1) is 14.5. The van der Waals surface area contributed by atoms with E-state index in [1.807, 2.05) is 37.3 Å². The fourth-order valence-electron chi connectivity index (χ4n) is 2.20. The molecule has 0 radical (unpaired) electrons. The smallest absolute Gasteiger partial charge is 0.282 e. The van der Waals surface area contributed by atoms with Crippen LogP contribution in [0.4, 0.5) is 0 Å². The molecule has 1 atom stereocenters. The van der Waals surface area contributed by atoms with Gasteiger partial charge in [0.15, 0.2) is 0 Å². The molecule has 1 unspecified atom stereocenters. The van der Waals surface area contributed by atoms with Gasteiger partial charge in [0.05, 0.1) is 0 Å². The van der Waals surface area contributed by atoms with Gasteiger partial charge in [0.1, 0.15) is 0 Å². The highest BCUT2D eigenvalue weighted by Gasteiger charge is 2.31. The highest BCUT2D eigenvalue weighted by Crippen LogP contribution is 2.23. The first-order valence-electron chi connectivity index (χ1n) is 6.52. The summed E-state index contributed by atoms with van der Waals surface area (Å²) in [6.45, 7) is 4.41. The Kier molecular flexibility index (Phi) is 4.57. The predicted molar refractivity (Wildman–Crippen MR) is 76.0 cm³/mol. The summed E-state index contributed by atoms with van der Waals surface area (Å²) in [5.74, 6) is 0. The summed E-state index contributed by atoms with van der Waals surface area (Å²) in [7, 11) is -1.73. The SMILES string of the molecule is CC(c1ccccc1)N(C)S(=O)(=O)N1CCNCC1. The molecule has 0 spiro atoms. The first-order valence-corrected chi connectivity index (χ1v) is 7.92. The molecule has 0 saturated carbocycles. The number of hydrogen-bond acceptors (Lipinski definition) is 3. The maximum atomic E-state index is 12.5. The molecule has 1 heterocycles. The molecule has 1 aliphatic heterocycles. The first-order chi connectivity index (χ1) is 9.03. The summed E-state index contributed by atoms with van der Waals surface area (Å²) in [6, 6.07) is 9.53. The van der Waals surface area contributed by atoms with Gasteiger partial charge in [0, 0.05) is 39.3 Å². The van der Waals surface area contributed by atoms with Crippen molar-refractivity contribution in [2.75, 3.05) is 33.2 Å². The van der Waals surface area contributed by atoms with Crippen LogP contribution in [-0.2, 0) is 10.2 Å². The molecule has 5 nitrogen and oxygen atoms in total. The minimum absolute atomic E-state index is 0.166. The topological polar surface area (TPSA) is 52.7 Å². The number of nitrogens with zero attached hydrogens (tertiary/aromatic N) is 2. The largest absolute Gasteiger partial charge is 0.314 e. The second kappa shape index (κ2) is 6.00. The average Bonchev–Trinajstić information content (AvgIpc) is 2.47. The molecule has 106 valence electrons. The molecule has 0 amide bonds. The Hall–Kier alpha value is -0.950. The summed E-state index contributed by atoms with van der Waals surface area (Å²) in [5.41, 5.74) is 1.00. The van der Waals surface area contributed by atoms with Crippen molar-refractivity contribution in [2.45, 2.75) is 13.0 Å². The molecule has 0 bridgehead atoms. The standard InChI is InChI=1S/C13H21N3O2S/c1-12(13-6-4-3-5-7-13)15(2)19(17,18)16-10-8-14-9-11-16/h3-7,12,14H,8-11H2,1-2H3. The third kappa shape index (κ3) is 3.14. The molecule has 19 heavy (non-hydrogen) atoms. The van der Waals surface area contributed by atoms with Gasteiger partial charge in [0.2, 0.25) is 0 Å². The van der Waals surface area contributed by atoms with E-state index in [2.05, 4.69) is 5.32 Å². The van der Waals surface area contributed by atoms with Crippen LogP contribution >= 0.6 is 0 Å². The molecule has 1 saturated heterocycles. The van der Waals surface area contributed by atoms with Gasteiger partial charge in [-0.3, -0.25) is 0 Å². The molecule has 2 rings (SSSR count). The number of hydrogen-bond donors (Lipinski definition) is 1.